The summed E-state index contributed by atoms with van der Waals surface area (Å²) in [5.41, 5.74) is 0. The molecule has 1 aromatic carbocycles. The van der Waals surface area contributed by atoms with Gasteiger partial charge in [-0.15, -0.1) is 23.5 Å². The molecule has 0 amide bonds. The van der Waals surface area contributed by atoms with Crippen LogP contribution in [0, 0.1) is 0 Å². The van der Waals surface area contributed by atoms with Crippen LogP contribution in [-0.2, 0) is 0 Å². The van der Waals surface area contributed by atoms with Crippen molar-refractivity contribution in [1.82, 2.24) is 0 Å². The molecule has 0 saturated heterocycles. The van der Waals surface area contributed by atoms with Crippen LogP contribution in [0.3, 0.4) is 0 Å². The molecule has 0 fully saturated rings. The van der Waals surface area contributed by atoms with Gasteiger partial charge in [0.25, 0.3) is 0 Å². The first-order valence-electron chi connectivity index (χ1n) is 19.2. The third kappa shape index (κ3) is 28.7. The highest BCUT2D eigenvalue weighted by molar-refractivity contribution is 8.00. The van der Waals surface area contributed by atoms with Gasteiger partial charge >= 0.3 is 0 Å². The molecule has 0 aliphatic carbocycles. The molecule has 0 atom stereocenters. The molecule has 0 nitrogen and oxygen atoms in total. The first-order valence-corrected chi connectivity index (χ1v) is 21.2. The van der Waals surface area contributed by atoms with E-state index in [0.29, 0.717) is 0 Å². The Morgan fingerprint density at radius 2 is 0.571 bits per heavy atom. The fourth-order valence-electron chi connectivity index (χ4n) is 5.98. The molecule has 246 valence electrons. The minimum Gasteiger partial charge on any atom is -0.126 e. The van der Waals surface area contributed by atoms with E-state index >= 15 is 0 Å². The summed E-state index contributed by atoms with van der Waals surface area (Å²) in [5, 5.41) is 0. The fourth-order valence-corrected chi connectivity index (χ4v) is 7.99. The third-order valence-corrected chi connectivity index (χ3v) is 11.0. The first-order chi connectivity index (χ1) is 20.9. The predicted octanol–water partition coefficient (Wildman–Crippen LogP) is 15.6. The zero-order valence-corrected chi connectivity index (χ0v) is 30.4. The summed E-state index contributed by atoms with van der Waals surface area (Å²) in [6, 6.07) is 9.33. The van der Waals surface area contributed by atoms with Crippen molar-refractivity contribution in [3.63, 3.8) is 0 Å². The summed E-state index contributed by atoms with van der Waals surface area (Å²) < 4.78 is 0. The van der Waals surface area contributed by atoms with E-state index in [1.807, 2.05) is 0 Å². The van der Waals surface area contributed by atoms with Gasteiger partial charge in [0.1, 0.15) is 0 Å². The number of rotatable bonds is 34. The molecule has 0 saturated carbocycles. The number of benzene rings is 1. The van der Waals surface area contributed by atoms with E-state index in [1.165, 1.54) is 214 Å². The molecule has 0 radical (unpaired) electrons. The second-order valence-electron chi connectivity index (χ2n) is 13.1. The molecule has 0 bridgehead atoms. The standard InChI is InChI=1S/C40H74S2/c1-3-5-7-9-11-13-15-17-19-21-23-25-27-29-31-36-41-39-34-33-35-40(38-39)42-37-32-30-28-26-24-22-20-18-16-14-12-10-8-6-4-2/h33-35,38H,3-32,36-37H2,1-2H3. The Bertz CT molecular complexity index is 591. The lowest BCUT2D eigenvalue weighted by Crippen LogP contribution is -1.86. The van der Waals surface area contributed by atoms with Gasteiger partial charge in [-0.1, -0.05) is 200 Å². The van der Waals surface area contributed by atoms with Crippen molar-refractivity contribution in [3.05, 3.63) is 24.3 Å². The molecule has 1 aromatic rings. The van der Waals surface area contributed by atoms with Crippen LogP contribution < -0.4 is 0 Å². The van der Waals surface area contributed by atoms with Gasteiger partial charge in [-0.05, 0) is 42.5 Å². The van der Waals surface area contributed by atoms with Crippen molar-refractivity contribution in [2.45, 2.75) is 216 Å². The summed E-state index contributed by atoms with van der Waals surface area (Å²) >= 11 is 4.14. The van der Waals surface area contributed by atoms with Crippen LogP contribution in [0.25, 0.3) is 0 Å². The molecule has 42 heavy (non-hydrogen) atoms. The van der Waals surface area contributed by atoms with Gasteiger partial charge < -0.3 is 0 Å². The zero-order chi connectivity index (χ0) is 30.0. The molecule has 2 heteroatoms. The van der Waals surface area contributed by atoms with Crippen molar-refractivity contribution in [2.24, 2.45) is 0 Å². The molecule has 0 N–H and O–H groups in total. The normalized spacial score (nSPS) is 11.5. The molecule has 0 unspecified atom stereocenters. The monoisotopic (exact) mass is 619 g/mol. The average molecular weight is 619 g/mol. The van der Waals surface area contributed by atoms with E-state index in [1.54, 1.807) is 0 Å². The second-order valence-corrected chi connectivity index (χ2v) is 15.4. The quantitative estimate of drug-likeness (QED) is 0.0556. The zero-order valence-electron chi connectivity index (χ0n) is 28.8. The SMILES string of the molecule is CCCCCCCCCCCCCCCCCSc1cccc(SCCCCCCCCCCCCCCCCC)c1. The van der Waals surface area contributed by atoms with Crippen molar-refractivity contribution in [2.75, 3.05) is 11.5 Å². The largest absolute Gasteiger partial charge is 0.126 e. The highest BCUT2D eigenvalue weighted by Gasteiger charge is 2.00. The molecule has 1 rings (SSSR count). The molecular weight excluding hydrogens is 545 g/mol. The summed E-state index contributed by atoms with van der Waals surface area (Å²) in [7, 11) is 0. The lowest BCUT2D eigenvalue weighted by molar-refractivity contribution is 0.535. The van der Waals surface area contributed by atoms with Gasteiger partial charge in [0.05, 0.1) is 0 Å². The van der Waals surface area contributed by atoms with Crippen molar-refractivity contribution in [1.29, 1.82) is 0 Å². The van der Waals surface area contributed by atoms with Crippen LogP contribution in [0.1, 0.15) is 206 Å². The second kappa shape index (κ2) is 33.8. The van der Waals surface area contributed by atoms with Crippen LogP contribution >= 0.6 is 23.5 Å². The highest BCUT2D eigenvalue weighted by Crippen LogP contribution is 2.27. The van der Waals surface area contributed by atoms with E-state index in [-0.39, 0.29) is 0 Å². The number of unbranched alkanes of at least 4 members (excludes halogenated alkanes) is 28. The smallest absolute Gasteiger partial charge is 0.00830 e. The predicted molar refractivity (Wildman–Crippen MR) is 198 cm³/mol. The Labute approximate surface area is 274 Å². The number of hydrogen-bond donors (Lipinski definition) is 0. The lowest BCUT2D eigenvalue weighted by Gasteiger charge is -2.06. The molecule has 0 heterocycles. The van der Waals surface area contributed by atoms with Crippen LogP contribution in [0.4, 0.5) is 0 Å². The first kappa shape index (κ1) is 39.9. The molecule has 0 aromatic heterocycles. The molecule has 0 spiro atoms. The highest BCUT2D eigenvalue weighted by atomic mass is 32.2. The van der Waals surface area contributed by atoms with Crippen LogP contribution in [0.2, 0.25) is 0 Å². The van der Waals surface area contributed by atoms with E-state index in [4.69, 9.17) is 0 Å². The maximum atomic E-state index is 2.44. The number of hydrogen-bond acceptors (Lipinski definition) is 2. The Kier molecular flexibility index (Phi) is 32.2. The van der Waals surface area contributed by atoms with Gasteiger partial charge in [-0.25, -0.2) is 0 Å². The Morgan fingerprint density at radius 3 is 0.833 bits per heavy atom. The molecular formula is C40H74S2. The summed E-state index contributed by atoms with van der Waals surface area (Å²) in [6.45, 7) is 4.61. The van der Waals surface area contributed by atoms with Crippen LogP contribution in [0.15, 0.2) is 34.1 Å². The van der Waals surface area contributed by atoms with E-state index < -0.39 is 0 Å². The molecule has 0 aliphatic heterocycles. The van der Waals surface area contributed by atoms with E-state index in [9.17, 15) is 0 Å². The lowest BCUT2D eigenvalue weighted by atomic mass is 10.0. The average Bonchev–Trinajstić information content (AvgIpc) is 3.01. The topological polar surface area (TPSA) is 0 Å². The van der Waals surface area contributed by atoms with Gasteiger partial charge in [-0.2, -0.15) is 0 Å². The minimum atomic E-state index is 1.28. The summed E-state index contributed by atoms with van der Waals surface area (Å²) in [6.07, 6.45) is 43.4. The fraction of sp³-hybridized carbons (Fsp3) is 0.850. The van der Waals surface area contributed by atoms with Gasteiger partial charge in [0.2, 0.25) is 0 Å². The van der Waals surface area contributed by atoms with Crippen LogP contribution in [0.5, 0.6) is 0 Å². The Balaban J connectivity index is 1.84. The summed E-state index contributed by atoms with van der Waals surface area (Å²) in [5.74, 6) is 2.57. The maximum Gasteiger partial charge on any atom is 0.00830 e. The number of thioether (sulfide) groups is 2. The van der Waals surface area contributed by atoms with Gasteiger partial charge in [0.15, 0.2) is 0 Å². The third-order valence-electron chi connectivity index (χ3n) is 8.84. The Morgan fingerprint density at radius 1 is 0.333 bits per heavy atom. The van der Waals surface area contributed by atoms with Crippen molar-refractivity contribution < 1.29 is 0 Å². The minimum absolute atomic E-state index is 1.28. The van der Waals surface area contributed by atoms with Gasteiger partial charge in [0, 0.05) is 9.79 Å². The van der Waals surface area contributed by atoms with Crippen molar-refractivity contribution in [3.8, 4) is 0 Å². The van der Waals surface area contributed by atoms with Crippen LogP contribution in [-0.4, -0.2) is 11.5 Å². The maximum absolute atomic E-state index is 2.44. The summed E-state index contributed by atoms with van der Waals surface area (Å²) in [4.78, 5) is 2.95. The van der Waals surface area contributed by atoms with Crippen molar-refractivity contribution >= 4 is 23.5 Å². The van der Waals surface area contributed by atoms with E-state index in [2.05, 4.69) is 61.6 Å². The van der Waals surface area contributed by atoms with E-state index in [0.717, 1.165) is 0 Å². The van der Waals surface area contributed by atoms with Gasteiger partial charge in [-0.3, -0.25) is 0 Å². The Hall–Kier alpha value is -0.0800. The molecule has 0 aliphatic rings.